The minimum atomic E-state index is 0.639. The van der Waals surface area contributed by atoms with Crippen molar-refractivity contribution in [3.8, 4) is 0 Å². The van der Waals surface area contributed by atoms with Gasteiger partial charge in [-0.05, 0) is 32.1 Å². The first kappa shape index (κ1) is 8.58. The van der Waals surface area contributed by atoms with Crippen molar-refractivity contribution >= 4 is 0 Å². The molecular weight excluding hydrogens is 132 g/mol. The van der Waals surface area contributed by atoms with Gasteiger partial charge in [0.05, 0.1) is 0 Å². The van der Waals surface area contributed by atoms with Crippen LogP contribution in [0.1, 0.15) is 34.1 Å². The highest BCUT2D eigenvalue weighted by molar-refractivity contribution is 5.18. The first-order chi connectivity index (χ1) is 5.09. The van der Waals surface area contributed by atoms with Gasteiger partial charge in [0, 0.05) is 0 Å². The lowest BCUT2D eigenvalue weighted by Crippen LogP contribution is -1.94. The molecule has 0 N–H and O–H groups in total. The number of hydrogen-bond donors (Lipinski definition) is 0. The Kier molecular flexibility index (Phi) is 2.53. The molecule has 0 spiro atoms. The fourth-order valence-corrected chi connectivity index (χ4v) is 1.79. The summed E-state index contributed by atoms with van der Waals surface area (Å²) in [6.45, 7) is 9.04. The summed E-state index contributed by atoms with van der Waals surface area (Å²) in [5.41, 5.74) is 3.09. The van der Waals surface area contributed by atoms with Crippen molar-refractivity contribution in [3.63, 3.8) is 0 Å². The minimum Gasteiger partial charge on any atom is -0.0789 e. The van der Waals surface area contributed by atoms with E-state index in [1.165, 1.54) is 12.0 Å². The summed E-state index contributed by atoms with van der Waals surface area (Å²) >= 11 is 0. The third kappa shape index (κ3) is 2.21. The summed E-state index contributed by atoms with van der Waals surface area (Å²) in [6.07, 6.45) is 5.99. The fraction of sp³-hybridized carbons (Fsp3) is 0.636. The summed E-state index contributed by atoms with van der Waals surface area (Å²) in [6, 6.07) is 0. The predicted octanol–water partition coefficient (Wildman–Crippen LogP) is 3.55. The first-order valence-corrected chi connectivity index (χ1v) is 4.45. The molecule has 0 saturated heterocycles. The molecule has 2 unspecified atom stereocenters. The molecule has 0 nitrogen and oxygen atoms in total. The second-order valence-electron chi connectivity index (χ2n) is 3.89. The van der Waals surface area contributed by atoms with Crippen LogP contribution in [0.15, 0.2) is 23.3 Å². The Morgan fingerprint density at radius 2 is 1.82 bits per heavy atom. The maximum absolute atomic E-state index is 2.38. The van der Waals surface area contributed by atoms with Gasteiger partial charge in [0.25, 0.3) is 0 Å². The van der Waals surface area contributed by atoms with Gasteiger partial charge in [-0.3, -0.25) is 0 Å². The van der Waals surface area contributed by atoms with Crippen molar-refractivity contribution in [3.05, 3.63) is 23.3 Å². The quantitative estimate of drug-likeness (QED) is 0.463. The molecule has 0 amide bonds. The Morgan fingerprint density at radius 1 is 1.18 bits per heavy atom. The molecule has 1 aliphatic carbocycles. The highest BCUT2D eigenvalue weighted by Crippen LogP contribution is 2.25. The van der Waals surface area contributed by atoms with Crippen molar-refractivity contribution in [2.24, 2.45) is 11.8 Å². The van der Waals surface area contributed by atoms with Gasteiger partial charge >= 0.3 is 0 Å². The molecule has 0 aromatic carbocycles. The molecule has 0 heteroatoms. The van der Waals surface area contributed by atoms with E-state index in [9.17, 15) is 0 Å². The van der Waals surface area contributed by atoms with Crippen LogP contribution in [0.25, 0.3) is 0 Å². The Balaban J connectivity index is 2.82. The van der Waals surface area contributed by atoms with Gasteiger partial charge in [0.1, 0.15) is 0 Å². The van der Waals surface area contributed by atoms with E-state index < -0.39 is 0 Å². The molecule has 0 aliphatic heterocycles. The van der Waals surface area contributed by atoms with E-state index >= 15 is 0 Å². The number of allylic oxidation sites excluding steroid dienone is 4. The molecule has 0 saturated carbocycles. The zero-order valence-corrected chi connectivity index (χ0v) is 8.02. The lowest BCUT2D eigenvalue weighted by Gasteiger charge is -2.09. The molecular formula is C11H18. The van der Waals surface area contributed by atoms with Crippen LogP contribution in [0.2, 0.25) is 0 Å². The number of hydrogen-bond acceptors (Lipinski definition) is 0. The van der Waals surface area contributed by atoms with Crippen LogP contribution in [0.5, 0.6) is 0 Å². The maximum Gasteiger partial charge on any atom is -0.00766 e. The van der Waals surface area contributed by atoms with Crippen LogP contribution in [0, 0.1) is 11.8 Å². The van der Waals surface area contributed by atoms with Crippen LogP contribution in [-0.4, -0.2) is 0 Å². The molecule has 0 aromatic rings. The predicted molar refractivity (Wildman–Crippen MR) is 50.5 cm³/mol. The van der Waals surface area contributed by atoms with Gasteiger partial charge in [0.2, 0.25) is 0 Å². The summed E-state index contributed by atoms with van der Waals surface area (Å²) in [7, 11) is 0. The molecule has 2 atom stereocenters. The van der Waals surface area contributed by atoms with Crippen molar-refractivity contribution in [2.45, 2.75) is 34.1 Å². The van der Waals surface area contributed by atoms with Crippen molar-refractivity contribution in [1.82, 2.24) is 0 Å². The van der Waals surface area contributed by atoms with E-state index in [0.717, 1.165) is 5.92 Å². The van der Waals surface area contributed by atoms with Crippen LogP contribution in [0.3, 0.4) is 0 Å². The van der Waals surface area contributed by atoms with Crippen molar-refractivity contribution < 1.29 is 0 Å². The van der Waals surface area contributed by atoms with Crippen LogP contribution >= 0.6 is 0 Å². The van der Waals surface area contributed by atoms with Gasteiger partial charge < -0.3 is 0 Å². The van der Waals surface area contributed by atoms with E-state index in [0.29, 0.717) is 5.92 Å². The lowest BCUT2D eigenvalue weighted by molar-refractivity contribution is 0.675. The molecule has 11 heavy (non-hydrogen) atoms. The largest absolute Gasteiger partial charge is 0.0789 e. The second-order valence-corrected chi connectivity index (χ2v) is 3.89. The standard InChI is InChI=1S/C11H18/c1-8-5-9(2)7-11(4)10(3)6-8/h5-6,8,11H,7H2,1-4H3. The van der Waals surface area contributed by atoms with E-state index in [-0.39, 0.29) is 0 Å². The molecule has 0 radical (unpaired) electrons. The number of rotatable bonds is 0. The van der Waals surface area contributed by atoms with E-state index in [4.69, 9.17) is 0 Å². The fourth-order valence-electron chi connectivity index (χ4n) is 1.79. The Bertz CT molecular complexity index is 196. The van der Waals surface area contributed by atoms with Crippen LogP contribution in [-0.2, 0) is 0 Å². The van der Waals surface area contributed by atoms with Crippen LogP contribution in [0.4, 0.5) is 0 Å². The monoisotopic (exact) mass is 150 g/mol. The SMILES string of the molecule is CC1=CC(C)C=C(C)C(C)C1. The van der Waals surface area contributed by atoms with Gasteiger partial charge in [-0.1, -0.05) is 37.1 Å². The minimum absolute atomic E-state index is 0.639. The molecule has 1 aliphatic rings. The average molecular weight is 150 g/mol. The maximum atomic E-state index is 2.38. The zero-order chi connectivity index (χ0) is 8.43. The van der Waals surface area contributed by atoms with Gasteiger partial charge in [0.15, 0.2) is 0 Å². The smallest absolute Gasteiger partial charge is 0.00766 e. The van der Waals surface area contributed by atoms with Crippen LogP contribution < -0.4 is 0 Å². The molecule has 0 aromatic heterocycles. The van der Waals surface area contributed by atoms with Crippen molar-refractivity contribution in [2.75, 3.05) is 0 Å². The molecule has 0 fully saturated rings. The Hall–Kier alpha value is -0.520. The molecule has 1 rings (SSSR count). The molecule has 62 valence electrons. The van der Waals surface area contributed by atoms with E-state index in [1.807, 2.05) is 0 Å². The highest BCUT2D eigenvalue weighted by atomic mass is 14.2. The summed E-state index contributed by atoms with van der Waals surface area (Å²) in [5.74, 6) is 1.39. The Labute approximate surface area is 70.0 Å². The topological polar surface area (TPSA) is 0 Å². The third-order valence-electron chi connectivity index (χ3n) is 2.48. The van der Waals surface area contributed by atoms with Crippen molar-refractivity contribution in [1.29, 1.82) is 0 Å². The molecule has 0 heterocycles. The summed E-state index contributed by atoms with van der Waals surface area (Å²) in [5, 5.41) is 0. The normalized spacial score (nSPS) is 32.4. The average Bonchev–Trinajstić information content (AvgIpc) is 1.93. The Morgan fingerprint density at radius 3 is 2.45 bits per heavy atom. The zero-order valence-electron chi connectivity index (χ0n) is 8.02. The first-order valence-electron chi connectivity index (χ1n) is 4.45. The molecule has 0 bridgehead atoms. The van der Waals surface area contributed by atoms with E-state index in [1.54, 1.807) is 5.57 Å². The summed E-state index contributed by atoms with van der Waals surface area (Å²) in [4.78, 5) is 0. The van der Waals surface area contributed by atoms with E-state index in [2.05, 4.69) is 39.8 Å². The van der Waals surface area contributed by atoms with Gasteiger partial charge in [-0.25, -0.2) is 0 Å². The third-order valence-corrected chi connectivity index (χ3v) is 2.48. The van der Waals surface area contributed by atoms with Gasteiger partial charge in [-0.15, -0.1) is 0 Å². The van der Waals surface area contributed by atoms with Gasteiger partial charge in [-0.2, -0.15) is 0 Å². The summed E-state index contributed by atoms with van der Waals surface area (Å²) < 4.78 is 0. The second kappa shape index (κ2) is 3.25. The lowest BCUT2D eigenvalue weighted by atomic mass is 9.97. The highest BCUT2D eigenvalue weighted by Gasteiger charge is 2.10.